The Kier molecular flexibility index (Phi) is 65.5. The lowest BCUT2D eigenvalue weighted by Gasteiger charge is -2.21. The molecular formula is C75H146O17P2. The normalized spacial score (nSPS) is 14.0. The van der Waals surface area contributed by atoms with Crippen molar-refractivity contribution in [1.82, 2.24) is 0 Å². The summed E-state index contributed by atoms with van der Waals surface area (Å²) in [5.41, 5.74) is 0. The second kappa shape index (κ2) is 66.9. The van der Waals surface area contributed by atoms with Crippen molar-refractivity contribution < 1.29 is 80.2 Å². The van der Waals surface area contributed by atoms with Crippen LogP contribution in [0.2, 0.25) is 0 Å². The van der Waals surface area contributed by atoms with Gasteiger partial charge in [-0.15, -0.1) is 0 Å². The van der Waals surface area contributed by atoms with Crippen LogP contribution in [0.1, 0.15) is 388 Å². The van der Waals surface area contributed by atoms with E-state index in [1.54, 1.807) is 0 Å². The Labute approximate surface area is 575 Å². The number of phosphoric ester groups is 2. The van der Waals surface area contributed by atoms with Crippen LogP contribution in [-0.4, -0.2) is 96.7 Å². The Morgan fingerprint density at radius 1 is 0.287 bits per heavy atom. The number of phosphoric acid groups is 2. The van der Waals surface area contributed by atoms with Crippen LogP contribution in [0.15, 0.2) is 0 Å². The van der Waals surface area contributed by atoms with E-state index in [-0.39, 0.29) is 25.7 Å². The number of aliphatic hydroxyl groups is 1. The predicted octanol–water partition coefficient (Wildman–Crippen LogP) is 21.9. The lowest BCUT2D eigenvalue weighted by Crippen LogP contribution is -2.30. The SMILES string of the molecule is CCCCCCCCCCCCCCCCCCCCCC(=O)O[C@H](COC(=O)CCCCCCCCCCCCCCCCCC(C)C)COP(=O)(O)OC[C@@H](O)COP(=O)(O)OC[C@@H](COC(=O)CCCCCCCCC)OC(=O)CCCCCCCCCC(C)C. The van der Waals surface area contributed by atoms with E-state index in [1.165, 1.54) is 193 Å². The molecule has 0 aromatic heterocycles. The smallest absolute Gasteiger partial charge is 0.462 e. The maximum absolute atomic E-state index is 13.1. The second-order valence-electron chi connectivity index (χ2n) is 28.0. The highest BCUT2D eigenvalue weighted by atomic mass is 31.2. The molecule has 2 unspecified atom stereocenters. The molecule has 17 nitrogen and oxygen atoms in total. The Morgan fingerprint density at radius 2 is 0.489 bits per heavy atom. The second-order valence-corrected chi connectivity index (χ2v) is 30.9. The largest absolute Gasteiger partial charge is 0.472 e. The molecule has 0 saturated heterocycles. The number of rotatable bonds is 74. The zero-order valence-electron chi connectivity index (χ0n) is 61.3. The lowest BCUT2D eigenvalue weighted by molar-refractivity contribution is -0.161. The van der Waals surface area contributed by atoms with Crippen LogP contribution in [0.3, 0.4) is 0 Å². The topological polar surface area (TPSA) is 237 Å². The van der Waals surface area contributed by atoms with E-state index in [2.05, 4.69) is 41.5 Å². The summed E-state index contributed by atoms with van der Waals surface area (Å²) in [5, 5.41) is 10.6. The van der Waals surface area contributed by atoms with E-state index >= 15 is 0 Å². The van der Waals surface area contributed by atoms with Crippen LogP contribution < -0.4 is 0 Å². The molecule has 0 rings (SSSR count). The fourth-order valence-corrected chi connectivity index (χ4v) is 13.1. The van der Waals surface area contributed by atoms with Gasteiger partial charge in [-0.25, -0.2) is 9.13 Å². The molecule has 0 radical (unpaired) electrons. The van der Waals surface area contributed by atoms with E-state index in [0.717, 1.165) is 109 Å². The fraction of sp³-hybridized carbons (Fsp3) is 0.947. The van der Waals surface area contributed by atoms with Crippen LogP contribution in [0.25, 0.3) is 0 Å². The molecule has 0 heterocycles. The Balaban J connectivity index is 5.17. The predicted molar refractivity (Wildman–Crippen MR) is 381 cm³/mol. The van der Waals surface area contributed by atoms with Crippen LogP contribution in [-0.2, 0) is 65.4 Å². The highest BCUT2D eigenvalue weighted by molar-refractivity contribution is 7.47. The maximum atomic E-state index is 13.1. The van der Waals surface area contributed by atoms with Gasteiger partial charge in [-0.1, -0.05) is 337 Å². The number of aliphatic hydroxyl groups excluding tert-OH is 1. The Morgan fingerprint density at radius 3 is 0.723 bits per heavy atom. The molecule has 0 fully saturated rings. The van der Waals surface area contributed by atoms with Gasteiger partial charge in [-0.3, -0.25) is 37.3 Å². The van der Waals surface area contributed by atoms with E-state index in [1.807, 2.05) is 0 Å². The third-order valence-corrected chi connectivity index (χ3v) is 19.4. The van der Waals surface area contributed by atoms with Gasteiger partial charge in [0.15, 0.2) is 12.2 Å². The van der Waals surface area contributed by atoms with Gasteiger partial charge < -0.3 is 33.8 Å². The first-order chi connectivity index (χ1) is 45.4. The van der Waals surface area contributed by atoms with Crippen molar-refractivity contribution >= 4 is 39.5 Å². The number of carbonyl (C=O) groups is 4. The van der Waals surface area contributed by atoms with Crippen molar-refractivity contribution in [3.8, 4) is 0 Å². The minimum atomic E-state index is -4.96. The Hall–Kier alpha value is -1.94. The minimum absolute atomic E-state index is 0.103. The van der Waals surface area contributed by atoms with E-state index in [4.69, 9.17) is 37.0 Å². The summed E-state index contributed by atoms with van der Waals surface area (Å²) in [5.74, 6) is -0.622. The molecule has 3 N–H and O–H groups in total. The molecule has 0 amide bonds. The average molecular weight is 1380 g/mol. The summed E-state index contributed by atoms with van der Waals surface area (Å²) in [6.07, 6.45) is 54.5. The van der Waals surface area contributed by atoms with Gasteiger partial charge >= 0.3 is 39.5 Å². The number of unbranched alkanes of at least 4 members (excludes halogenated alkanes) is 44. The molecule has 0 spiro atoms. The average Bonchev–Trinajstić information content (AvgIpc) is 1.29. The van der Waals surface area contributed by atoms with Gasteiger partial charge in [0.25, 0.3) is 0 Å². The third kappa shape index (κ3) is 68.6. The molecule has 0 aromatic carbocycles. The quantitative estimate of drug-likeness (QED) is 0.0222. The van der Waals surface area contributed by atoms with E-state index < -0.39 is 97.5 Å². The van der Waals surface area contributed by atoms with Crippen LogP contribution >= 0.6 is 15.6 Å². The number of hydrogen-bond acceptors (Lipinski definition) is 15. The number of carbonyl (C=O) groups excluding carboxylic acids is 4. The molecule has 94 heavy (non-hydrogen) atoms. The number of ether oxygens (including phenoxy) is 4. The molecule has 0 aliphatic rings. The maximum Gasteiger partial charge on any atom is 0.472 e. The van der Waals surface area contributed by atoms with Gasteiger partial charge in [0.2, 0.25) is 0 Å². The summed E-state index contributed by atoms with van der Waals surface area (Å²) < 4.78 is 68.3. The monoisotopic (exact) mass is 1380 g/mol. The standard InChI is InChI=1S/C75H146O17P2/c1-7-9-11-13-15-16-17-18-19-20-21-22-25-29-32-35-41-47-53-59-74(79)91-71(64-86-73(78)58-52-46-40-34-31-28-26-23-24-27-30-33-38-43-49-55-67(3)4)66-90-94(83,84)88-62-69(76)61-87-93(81,82)89-65-70(63-85-72(77)57-51-45-37-14-12-10-8-2)92-75(80)60-54-48-42-36-39-44-50-56-68(5)6/h67-71,76H,7-66H2,1-6H3,(H,81,82)(H,83,84)/t69-,70+,71+/m0/s1. The lowest BCUT2D eigenvalue weighted by atomic mass is 10.0. The van der Waals surface area contributed by atoms with Crippen LogP contribution in [0.5, 0.6) is 0 Å². The molecule has 0 saturated carbocycles. The summed E-state index contributed by atoms with van der Waals surface area (Å²) in [6, 6.07) is 0. The highest BCUT2D eigenvalue weighted by Crippen LogP contribution is 2.45. The van der Waals surface area contributed by atoms with Crippen molar-refractivity contribution in [1.29, 1.82) is 0 Å². The van der Waals surface area contributed by atoms with Gasteiger partial charge in [-0.2, -0.15) is 0 Å². The zero-order chi connectivity index (χ0) is 69.3. The molecule has 558 valence electrons. The van der Waals surface area contributed by atoms with Gasteiger partial charge in [0, 0.05) is 25.7 Å². The molecule has 19 heteroatoms. The molecule has 0 aromatic rings. The molecule has 0 bridgehead atoms. The van der Waals surface area contributed by atoms with Crippen molar-refractivity contribution in [3.05, 3.63) is 0 Å². The minimum Gasteiger partial charge on any atom is -0.462 e. The molecule has 0 aliphatic carbocycles. The number of esters is 4. The first-order valence-corrected chi connectivity index (χ1v) is 42.0. The molecule has 5 atom stereocenters. The van der Waals surface area contributed by atoms with Crippen molar-refractivity contribution in [2.45, 2.75) is 407 Å². The Bertz CT molecular complexity index is 1820. The zero-order valence-corrected chi connectivity index (χ0v) is 63.1. The molecular weight excluding hydrogens is 1230 g/mol. The van der Waals surface area contributed by atoms with Gasteiger partial charge in [0.05, 0.1) is 26.4 Å². The summed E-state index contributed by atoms with van der Waals surface area (Å²) in [4.78, 5) is 72.6. The van der Waals surface area contributed by atoms with E-state index in [0.29, 0.717) is 31.6 Å². The van der Waals surface area contributed by atoms with Crippen LogP contribution in [0, 0.1) is 11.8 Å². The number of hydrogen-bond donors (Lipinski definition) is 3. The van der Waals surface area contributed by atoms with Crippen LogP contribution in [0.4, 0.5) is 0 Å². The third-order valence-electron chi connectivity index (χ3n) is 17.5. The highest BCUT2D eigenvalue weighted by Gasteiger charge is 2.30. The van der Waals surface area contributed by atoms with Gasteiger partial charge in [-0.05, 0) is 37.5 Å². The van der Waals surface area contributed by atoms with Gasteiger partial charge in [0.1, 0.15) is 19.3 Å². The van der Waals surface area contributed by atoms with E-state index in [9.17, 15) is 43.2 Å². The van der Waals surface area contributed by atoms with Crippen molar-refractivity contribution in [3.63, 3.8) is 0 Å². The van der Waals surface area contributed by atoms with Crippen molar-refractivity contribution in [2.24, 2.45) is 11.8 Å². The molecule has 0 aliphatic heterocycles. The summed E-state index contributed by atoms with van der Waals surface area (Å²) in [6.45, 7) is 9.51. The summed E-state index contributed by atoms with van der Waals surface area (Å²) in [7, 11) is -9.90. The summed E-state index contributed by atoms with van der Waals surface area (Å²) >= 11 is 0. The fourth-order valence-electron chi connectivity index (χ4n) is 11.5. The van der Waals surface area contributed by atoms with Crippen molar-refractivity contribution in [2.75, 3.05) is 39.6 Å². The first-order valence-electron chi connectivity index (χ1n) is 39.0. The first kappa shape index (κ1) is 92.1.